The summed E-state index contributed by atoms with van der Waals surface area (Å²) in [6.45, 7) is 0. The van der Waals surface area contributed by atoms with E-state index in [9.17, 15) is 33.7 Å². The van der Waals surface area contributed by atoms with Gasteiger partial charge in [0.2, 0.25) is 40.1 Å². The molecule has 224 valence electrons. The molecule has 0 bridgehead atoms. The van der Waals surface area contributed by atoms with Crippen LogP contribution in [0.5, 0.6) is 0 Å². The number of sulfonamides is 4. The second-order valence-corrected chi connectivity index (χ2v) is 17.1. The molecule has 2 aliphatic rings. The van der Waals surface area contributed by atoms with Crippen molar-refractivity contribution >= 4 is 109 Å². The Morgan fingerprint density at radius 3 is 1.75 bits per heavy atom. The van der Waals surface area contributed by atoms with Gasteiger partial charge in [-0.15, -0.1) is 34.8 Å². The maximum atomic E-state index is 12.3. The molecule has 2 aromatic carbocycles. The van der Waals surface area contributed by atoms with Gasteiger partial charge >= 0.3 is 0 Å². The van der Waals surface area contributed by atoms with E-state index >= 15 is 0 Å². The van der Waals surface area contributed by atoms with Crippen LogP contribution in [0.1, 0.15) is 0 Å². The fourth-order valence-electron chi connectivity index (χ4n) is 3.44. The Hall–Kier alpha value is -0.870. The van der Waals surface area contributed by atoms with Crippen LogP contribution >= 0.6 is 58.0 Å². The number of rotatable bonds is 4. The maximum Gasteiger partial charge on any atom is 0.246 e. The standard InChI is InChI=1S/C9H11Cl2N3O4S2.C8H8Cl3N3O4S2/c1-14-9(4-10)13-6-2-5(11)7(19(12,15)16)3-8(6)20(14,17)18;9-3-1-4-6(2-5(3)19(12,15)16)20(17,18)14-8(13-4)7(10)11/h2-3,9,13H,4H2,1H3,(H2,12,15,16);1-2,7-8,13-14H,(H2,12,15,16). The number of nitrogens with zero attached hydrogens (tertiary/aromatic N) is 1. The van der Waals surface area contributed by atoms with Crippen molar-refractivity contribution in [3.63, 3.8) is 0 Å². The average molecular weight is 741 g/mol. The predicted molar refractivity (Wildman–Crippen MR) is 152 cm³/mol. The Bertz CT molecular complexity index is 1790. The smallest absolute Gasteiger partial charge is 0.246 e. The number of benzene rings is 2. The number of halogens is 5. The summed E-state index contributed by atoms with van der Waals surface area (Å²) in [5, 5.41) is 15.2. The van der Waals surface area contributed by atoms with E-state index in [0.717, 1.165) is 22.5 Å². The largest absolute Gasteiger partial charge is 0.367 e. The molecule has 7 N–H and O–H groups in total. The van der Waals surface area contributed by atoms with Gasteiger partial charge < -0.3 is 10.6 Å². The summed E-state index contributed by atoms with van der Waals surface area (Å²) in [5.41, 5.74) is 0.267. The monoisotopic (exact) mass is 738 g/mol. The zero-order valence-electron chi connectivity index (χ0n) is 19.6. The maximum absolute atomic E-state index is 12.3. The quantitative estimate of drug-likeness (QED) is 0.283. The van der Waals surface area contributed by atoms with Crippen molar-refractivity contribution in [3.8, 4) is 0 Å². The molecule has 0 radical (unpaired) electrons. The summed E-state index contributed by atoms with van der Waals surface area (Å²) in [6.07, 6.45) is -1.61. The summed E-state index contributed by atoms with van der Waals surface area (Å²) < 4.78 is 97.3. The number of nitrogens with two attached hydrogens (primary N) is 2. The van der Waals surface area contributed by atoms with Crippen LogP contribution in [0, 0.1) is 0 Å². The molecular formula is C17H19Cl5N6O8S4. The van der Waals surface area contributed by atoms with E-state index < -0.39 is 67.1 Å². The van der Waals surface area contributed by atoms with Crippen LogP contribution in [0.2, 0.25) is 10.0 Å². The zero-order valence-corrected chi connectivity index (χ0v) is 26.7. The number of anilines is 2. The van der Waals surface area contributed by atoms with Crippen LogP contribution in [-0.2, 0) is 40.1 Å². The fraction of sp³-hybridized carbons (Fsp3) is 0.294. The minimum Gasteiger partial charge on any atom is -0.367 e. The van der Waals surface area contributed by atoms with E-state index in [1.807, 2.05) is 0 Å². The van der Waals surface area contributed by atoms with Gasteiger partial charge in [-0.25, -0.2) is 43.9 Å². The molecule has 0 amide bonds. The molecule has 2 aromatic rings. The highest BCUT2D eigenvalue weighted by molar-refractivity contribution is 7.90. The normalized spacial score (nSPS) is 21.7. The zero-order chi connectivity index (χ0) is 30.6. The van der Waals surface area contributed by atoms with E-state index in [2.05, 4.69) is 15.4 Å². The van der Waals surface area contributed by atoms with Crippen LogP contribution in [-0.4, -0.2) is 68.1 Å². The van der Waals surface area contributed by atoms with Crippen molar-refractivity contribution in [3.05, 3.63) is 34.3 Å². The van der Waals surface area contributed by atoms with Gasteiger partial charge in [0.25, 0.3) is 0 Å². The van der Waals surface area contributed by atoms with Gasteiger partial charge in [-0.3, -0.25) is 0 Å². The molecule has 0 saturated carbocycles. The summed E-state index contributed by atoms with van der Waals surface area (Å²) in [4.78, 5) is -2.52. The Labute approximate surface area is 255 Å². The molecule has 2 aliphatic heterocycles. The second-order valence-electron chi connectivity index (χ2n) is 8.06. The van der Waals surface area contributed by atoms with Crippen molar-refractivity contribution in [1.82, 2.24) is 9.03 Å². The molecule has 0 aliphatic carbocycles. The molecule has 0 fully saturated rings. The van der Waals surface area contributed by atoms with Gasteiger partial charge in [-0.05, 0) is 24.3 Å². The van der Waals surface area contributed by atoms with E-state index in [1.54, 1.807) is 0 Å². The molecule has 40 heavy (non-hydrogen) atoms. The van der Waals surface area contributed by atoms with Gasteiger partial charge in [0.1, 0.15) is 36.7 Å². The molecule has 2 unspecified atom stereocenters. The minimum absolute atomic E-state index is 0.0176. The number of alkyl halides is 3. The number of hydrogen-bond donors (Lipinski definition) is 5. The molecule has 2 atom stereocenters. The first-order valence-corrected chi connectivity index (χ1v) is 18.4. The van der Waals surface area contributed by atoms with E-state index in [-0.39, 0.29) is 37.1 Å². The van der Waals surface area contributed by atoms with Crippen LogP contribution in [0.3, 0.4) is 0 Å². The van der Waals surface area contributed by atoms with Gasteiger partial charge in [0.15, 0.2) is 0 Å². The lowest BCUT2D eigenvalue weighted by Crippen LogP contribution is -2.48. The fourth-order valence-corrected chi connectivity index (χ4v) is 9.32. The van der Waals surface area contributed by atoms with Crippen molar-refractivity contribution in [1.29, 1.82) is 0 Å². The Balaban J connectivity index is 0.000000220. The number of hydrogen-bond acceptors (Lipinski definition) is 10. The average Bonchev–Trinajstić information content (AvgIpc) is 2.79. The van der Waals surface area contributed by atoms with Crippen LogP contribution in [0.25, 0.3) is 0 Å². The predicted octanol–water partition coefficient (Wildman–Crippen LogP) is 1.42. The molecular weight excluding hydrogens is 722 g/mol. The van der Waals surface area contributed by atoms with Gasteiger partial charge in [-0.2, -0.15) is 9.03 Å². The van der Waals surface area contributed by atoms with Gasteiger partial charge in [-0.1, -0.05) is 23.2 Å². The molecule has 0 aromatic heterocycles. The Kier molecular flexibility index (Phi) is 9.81. The minimum atomic E-state index is -4.15. The third-order valence-electron chi connectivity index (χ3n) is 5.38. The molecule has 2 heterocycles. The summed E-state index contributed by atoms with van der Waals surface area (Å²) >= 11 is 28.5. The lowest BCUT2D eigenvalue weighted by Gasteiger charge is -2.33. The lowest BCUT2D eigenvalue weighted by atomic mass is 10.3. The first-order valence-electron chi connectivity index (χ1n) is 10.2. The van der Waals surface area contributed by atoms with E-state index in [1.165, 1.54) is 13.1 Å². The molecule has 4 rings (SSSR count). The summed E-state index contributed by atoms with van der Waals surface area (Å²) in [5.74, 6) is 0.0176. The van der Waals surface area contributed by atoms with E-state index in [4.69, 9.17) is 68.3 Å². The molecule has 0 saturated heterocycles. The Morgan fingerprint density at radius 1 is 0.875 bits per heavy atom. The molecule has 0 spiro atoms. The first-order chi connectivity index (χ1) is 18.1. The van der Waals surface area contributed by atoms with Gasteiger partial charge in [0, 0.05) is 7.05 Å². The van der Waals surface area contributed by atoms with Crippen molar-refractivity contribution < 1.29 is 33.7 Å². The Morgan fingerprint density at radius 2 is 1.32 bits per heavy atom. The third kappa shape index (κ3) is 6.85. The van der Waals surface area contributed by atoms with Crippen LogP contribution < -0.4 is 25.6 Å². The number of primary sulfonamides is 2. The number of nitrogens with one attached hydrogen (secondary N) is 3. The van der Waals surface area contributed by atoms with Crippen LogP contribution in [0.4, 0.5) is 11.4 Å². The first kappa shape index (κ1) is 33.6. The third-order valence-corrected chi connectivity index (χ3v) is 12.3. The van der Waals surface area contributed by atoms with Gasteiger partial charge in [0.05, 0.1) is 27.3 Å². The highest BCUT2D eigenvalue weighted by atomic mass is 35.5. The topological polar surface area (TPSA) is 228 Å². The number of fused-ring (bicyclic) bond motifs is 2. The van der Waals surface area contributed by atoms with Crippen molar-refractivity contribution in [2.24, 2.45) is 10.3 Å². The second kappa shape index (κ2) is 11.7. The molecule has 23 heteroatoms. The van der Waals surface area contributed by atoms with Crippen molar-refractivity contribution in [2.75, 3.05) is 23.6 Å². The summed E-state index contributed by atoms with van der Waals surface area (Å²) in [6, 6.07) is 4.16. The SMILES string of the molecule is CN1C(CCl)Nc2cc(Cl)c(S(N)(=O)=O)cc2S1(=O)=O.NS(=O)(=O)c1cc2c(cc1Cl)NC(C(Cl)Cl)NS2(=O)=O. The van der Waals surface area contributed by atoms with Crippen LogP contribution in [0.15, 0.2) is 43.8 Å². The lowest BCUT2D eigenvalue weighted by molar-refractivity contribution is 0.411. The van der Waals surface area contributed by atoms with E-state index in [0.29, 0.717) is 0 Å². The highest BCUT2D eigenvalue weighted by Crippen LogP contribution is 2.37. The molecule has 14 nitrogen and oxygen atoms in total. The highest BCUT2D eigenvalue weighted by Gasteiger charge is 2.37. The summed E-state index contributed by atoms with van der Waals surface area (Å²) in [7, 11) is -14.8. The van der Waals surface area contributed by atoms with Crippen molar-refractivity contribution in [2.45, 2.75) is 36.7 Å².